The molecule has 0 amide bonds. The Bertz CT molecular complexity index is 622. The molecule has 2 nitrogen and oxygen atoms in total. The molecule has 0 aromatic heterocycles. The zero-order valence-electron chi connectivity index (χ0n) is 10.6. The molecule has 0 saturated heterocycles. The second-order valence-electron chi connectivity index (χ2n) is 4.14. The van der Waals surface area contributed by atoms with Gasteiger partial charge in [0.25, 0.3) is 0 Å². The summed E-state index contributed by atoms with van der Waals surface area (Å²) in [5.41, 5.74) is 0.776. The summed E-state index contributed by atoms with van der Waals surface area (Å²) in [5.74, 6) is -0.869. The molecule has 0 N–H and O–H groups in total. The van der Waals surface area contributed by atoms with Crippen molar-refractivity contribution in [2.45, 2.75) is 13.5 Å². The zero-order chi connectivity index (χ0) is 14.7. The van der Waals surface area contributed by atoms with Crippen LogP contribution < -0.4 is 4.74 Å². The Morgan fingerprint density at radius 3 is 2.35 bits per heavy atom. The zero-order valence-corrected chi connectivity index (χ0v) is 10.6. The summed E-state index contributed by atoms with van der Waals surface area (Å²) in [4.78, 5) is 12.2. The average molecular weight is 280 g/mol. The predicted molar refractivity (Wildman–Crippen MR) is 67.6 cm³/mol. The fourth-order valence-corrected chi connectivity index (χ4v) is 1.80. The Morgan fingerprint density at radius 1 is 1.10 bits per heavy atom. The highest BCUT2D eigenvalue weighted by Gasteiger charge is 2.14. The SMILES string of the molecule is Cc1c(F)cccc1C(=O)c1ccc(OC(F)F)cc1. The summed E-state index contributed by atoms with van der Waals surface area (Å²) in [5, 5.41) is 0. The van der Waals surface area contributed by atoms with Crippen molar-refractivity contribution >= 4 is 5.78 Å². The Labute approximate surface area is 113 Å². The number of ether oxygens (including phenoxy) is 1. The molecular formula is C15H11F3O2. The van der Waals surface area contributed by atoms with Crippen molar-refractivity contribution in [3.63, 3.8) is 0 Å². The third kappa shape index (κ3) is 2.99. The summed E-state index contributed by atoms with van der Waals surface area (Å²) in [6.07, 6.45) is 0. The monoisotopic (exact) mass is 280 g/mol. The van der Waals surface area contributed by atoms with Crippen LogP contribution in [-0.2, 0) is 0 Å². The second kappa shape index (κ2) is 5.77. The molecular weight excluding hydrogens is 269 g/mol. The minimum atomic E-state index is -2.91. The predicted octanol–water partition coefficient (Wildman–Crippen LogP) is 3.97. The number of halogens is 3. The minimum Gasteiger partial charge on any atom is -0.435 e. The molecule has 0 unspecified atom stereocenters. The maximum Gasteiger partial charge on any atom is 0.387 e. The largest absolute Gasteiger partial charge is 0.435 e. The van der Waals surface area contributed by atoms with Crippen LogP contribution in [0.5, 0.6) is 5.75 Å². The number of benzene rings is 2. The van der Waals surface area contributed by atoms with Gasteiger partial charge < -0.3 is 4.74 Å². The van der Waals surface area contributed by atoms with Gasteiger partial charge in [-0.15, -0.1) is 0 Å². The van der Waals surface area contributed by atoms with E-state index in [2.05, 4.69) is 4.74 Å². The first kappa shape index (κ1) is 14.1. The van der Waals surface area contributed by atoms with Crippen LogP contribution in [0.4, 0.5) is 13.2 Å². The number of alkyl halides is 2. The van der Waals surface area contributed by atoms with Crippen molar-refractivity contribution in [1.29, 1.82) is 0 Å². The first-order valence-corrected chi connectivity index (χ1v) is 5.83. The van der Waals surface area contributed by atoms with Gasteiger partial charge in [0.15, 0.2) is 5.78 Å². The molecule has 0 bridgehead atoms. The van der Waals surface area contributed by atoms with E-state index < -0.39 is 12.4 Å². The lowest BCUT2D eigenvalue weighted by Crippen LogP contribution is -2.06. The van der Waals surface area contributed by atoms with Crippen molar-refractivity contribution in [1.82, 2.24) is 0 Å². The molecule has 2 aromatic carbocycles. The molecule has 0 radical (unpaired) electrons. The van der Waals surface area contributed by atoms with E-state index in [0.29, 0.717) is 0 Å². The van der Waals surface area contributed by atoms with Crippen molar-refractivity contribution in [3.8, 4) is 5.75 Å². The molecule has 2 aromatic rings. The van der Waals surface area contributed by atoms with Gasteiger partial charge in [0.1, 0.15) is 11.6 Å². The Hall–Kier alpha value is -2.30. The molecule has 5 heteroatoms. The fourth-order valence-electron chi connectivity index (χ4n) is 1.80. The number of hydrogen-bond acceptors (Lipinski definition) is 2. The van der Waals surface area contributed by atoms with Crippen LogP contribution in [-0.4, -0.2) is 12.4 Å². The van der Waals surface area contributed by atoms with E-state index in [1.807, 2.05) is 0 Å². The number of hydrogen-bond donors (Lipinski definition) is 0. The van der Waals surface area contributed by atoms with Gasteiger partial charge in [-0.2, -0.15) is 8.78 Å². The van der Waals surface area contributed by atoms with Crippen LogP contribution in [0.15, 0.2) is 42.5 Å². The average Bonchev–Trinajstić information content (AvgIpc) is 2.41. The quantitative estimate of drug-likeness (QED) is 0.792. The van der Waals surface area contributed by atoms with Crippen LogP contribution in [0.25, 0.3) is 0 Å². The van der Waals surface area contributed by atoms with Gasteiger partial charge in [-0.1, -0.05) is 12.1 Å². The molecule has 0 spiro atoms. The summed E-state index contributed by atoms with van der Waals surface area (Å²) in [6.45, 7) is -1.40. The normalized spacial score (nSPS) is 10.7. The molecule has 0 aliphatic heterocycles. The lowest BCUT2D eigenvalue weighted by Gasteiger charge is -2.07. The molecule has 0 heterocycles. The number of rotatable bonds is 4. The highest BCUT2D eigenvalue weighted by molar-refractivity contribution is 6.09. The second-order valence-corrected chi connectivity index (χ2v) is 4.14. The van der Waals surface area contributed by atoms with Crippen molar-refractivity contribution in [3.05, 3.63) is 65.0 Å². The van der Waals surface area contributed by atoms with E-state index in [1.54, 1.807) is 0 Å². The lowest BCUT2D eigenvalue weighted by atomic mass is 9.99. The smallest absolute Gasteiger partial charge is 0.387 e. The van der Waals surface area contributed by atoms with E-state index in [4.69, 9.17) is 0 Å². The lowest BCUT2D eigenvalue weighted by molar-refractivity contribution is -0.0498. The van der Waals surface area contributed by atoms with Gasteiger partial charge >= 0.3 is 6.61 Å². The van der Waals surface area contributed by atoms with E-state index in [0.717, 1.165) is 0 Å². The topological polar surface area (TPSA) is 26.3 Å². The van der Waals surface area contributed by atoms with Crippen molar-refractivity contribution in [2.24, 2.45) is 0 Å². The fraction of sp³-hybridized carbons (Fsp3) is 0.133. The summed E-state index contributed by atoms with van der Waals surface area (Å²) < 4.78 is 41.6. The van der Waals surface area contributed by atoms with Crippen LogP contribution in [0, 0.1) is 12.7 Å². The Balaban J connectivity index is 2.27. The van der Waals surface area contributed by atoms with Gasteiger partial charge in [-0.25, -0.2) is 4.39 Å². The van der Waals surface area contributed by atoms with E-state index in [-0.39, 0.29) is 28.2 Å². The third-order valence-corrected chi connectivity index (χ3v) is 2.85. The van der Waals surface area contributed by atoms with Gasteiger partial charge in [-0.3, -0.25) is 4.79 Å². The van der Waals surface area contributed by atoms with Crippen LogP contribution >= 0.6 is 0 Å². The van der Waals surface area contributed by atoms with Crippen LogP contribution in [0.2, 0.25) is 0 Å². The summed E-state index contributed by atoms with van der Waals surface area (Å²) >= 11 is 0. The first-order chi connectivity index (χ1) is 9.49. The maximum absolute atomic E-state index is 13.4. The molecule has 0 fully saturated rings. The van der Waals surface area contributed by atoms with E-state index in [1.165, 1.54) is 49.4 Å². The van der Waals surface area contributed by atoms with Crippen molar-refractivity contribution < 1.29 is 22.7 Å². The van der Waals surface area contributed by atoms with Crippen molar-refractivity contribution in [2.75, 3.05) is 0 Å². The molecule has 2 rings (SSSR count). The van der Waals surface area contributed by atoms with Crippen LogP contribution in [0.1, 0.15) is 21.5 Å². The minimum absolute atomic E-state index is 0.0347. The highest BCUT2D eigenvalue weighted by Crippen LogP contribution is 2.20. The number of ketones is 1. The molecule has 0 aliphatic rings. The molecule has 104 valence electrons. The van der Waals surface area contributed by atoms with Gasteiger partial charge in [0, 0.05) is 11.1 Å². The summed E-state index contributed by atoms with van der Waals surface area (Å²) in [7, 11) is 0. The number of carbonyl (C=O) groups excluding carboxylic acids is 1. The Morgan fingerprint density at radius 2 is 1.75 bits per heavy atom. The van der Waals surface area contributed by atoms with Gasteiger partial charge in [0.2, 0.25) is 0 Å². The maximum atomic E-state index is 13.4. The summed E-state index contributed by atoms with van der Waals surface area (Å²) in [6, 6.07) is 9.51. The van der Waals surface area contributed by atoms with Gasteiger partial charge in [0.05, 0.1) is 0 Å². The van der Waals surface area contributed by atoms with Crippen LogP contribution in [0.3, 0.4) is 0 Å². The third-order valence-electron chi connectivity index (χ3n) is 2.85. The van der Waals surface area contributed by atoms with Gasteiger partial charge in [-0.05, 0) is 42.8 Å². The molecule has 20 heavy (non-hydrogen) atoms. The molecule has 0 aliphatic carbocycles. The standard InChI is InChI=1S/C15H11F3O2/c1-9-12(3-2-4-13(9)16)14(19)10-5-7-11(8-6-10)20-15(17)18/h2-8,15H,1H3. The molecule has 0 atom stereocenters. The first-order valence-electron chi connectivity index (χ1n) is 5.83. The number of carbonyl (C=O) groups is 1. The van der Waals surface area contributed by atoms with E-state index >= 15 is 0 Å². The van der Waals surface area contributed by atoms with E-state index in [9.17, 15) is 18.0 Å². The Kier molecular flexibility index (Phi) is 4.08. The highest BCUT2D eigenvalue weighted by atomic mass is 19.3. The molecule has 0 saturated carbocycles.